The van der Waals surface area contributed by atoms with Gasteiger partial charge in [0, 0.05) is 46.2 Å². The number of fused-ring (bicyclic) bond motifs is 1. The quantitative estimate of drug-likeness (QED) is 0.686. The second-order valence-corrected chi connectivity index (χ2v) is 8.66. The lowest BCUT2D eigenvalue weighted by atomic mass is 9.95. The molecule has 168 valence electrons. The van der Waals surface area contributed by atoms with Gasteiger partial charge in [-0.15, -0.1) is 0 Å². The number of aryl methyl sites for hydroxylation is 2. The molecule has 10 nitrogen and oxygen atoms in total. The number of aromatic nitrogens is 4. The first-order chi connectivity index (χ1) is 14.9. The molecule has 10 heteroatoms. The van der Waals surface area contributed by atoms with Gasteiger partial charge in [0.1, 0.15) is 6.54 Å². The molecule has 2 aromatic heterocycles. The van der Waals surface area contributed by atoms with E-state index < -0.39 is 11.2 Å². The highest BCUT2D eigenvalue weighted by Crippen LogP contribution is 2.22. The van der Waals surface area contributed by atoms with E-state index in [1.54, 1.807) is 16.5 Å². The van der Waals surface area contributed by atoms with Crippen LogP contribution in [-0.4, -0.2) is 66.5 Å². The Hall–Kier alpha value is -2.91. The maximum atomic E-state index is 12.9. The summed E-state index contributed by atoms with van der Waals surface area (Å²) in [5, 5.41) is 0. The van der Waals surface area contributed by atoms with Crippen molar-refractivity contribution in [3.05, 3.63) is 27.2 Å². The lowest BCUT2D eigenvalue weighted by Crippen LogP contribution is -2.48. The van der Waals surface area contributed by atoms with E-state index in [9.17, 15) is 19.2 Å². The van der Waals surface area contributed by atoms with Gasteiger partial charge in [-0.25, -0.2) is 14.3 Å². The monoisotopic (exact) mass is 430 g/mol. The van der Waals surface area contributed by atoms with E-state index >= 15 is 0 Å². The summed E-state index contributed by atoms with van der Waals surface area (Å²) in [5.41, 5.74) is -0.487. The molecule has 0 bridgehead atoms. The van der Waals surface area contributed by atoms with E-state index in [-0.39, 0.29) is 29.8 Å². The molecule has 2 aromatic rings. The summed E-state index contributed by atoms with van der Waals surface area (Å²) >= 11 is 0. The lowest BCUT2D eigenvalue weighted by Gasteiger charge is -2.34. The Morgan fingerprint density at radius 1 is 0.968 bits per heavy atom. The molecule has 2 fully saturated rings. The van der Waals surface area contributed by atoms with Crippen molar-refractivity contribution in [3.8, 4) is 0 Å². The van der Waals surface area contributed by atoms with Gasteiger partial charge in [-0.05, 0) is 25.7 Å². The SMILES string of the molecule is Cn1cnc2c1c(=O)n(CC(=O)N1CCC(C(=O)N3CCCCCC3)CC1)c(=O)n2C. The number of amides is 2. The molecule has 2 amide bonds. The number of carbonyl (C=O) groups excluding carboxylic acids is 2. The summed E-state index contributed by atoms with van der Waals surface area (Å²) in [7, 11) is 3.22. The first-order valence-electron chi connectivity index (χ1n) is 11.1. The minimum absolute atomic E-state index is 0.0523. The number of likely N-dealkylation sites (tertiary alicyclic amines) is 2. The summed E-state index contributed by atoms with van der Waals surface area (Å²) in [6.45, 7) is 2.29. The molecule has 0 aliphatic carbocycles. The van der Waals surface area contributed by atoms with Crippen LogP contribution in [0.5, 0.6) is 0 Å². The normalized spacial score (nSPS) is 18.4. The van der Waals surface area contributed by atoms with Crippen LogP contribution in [0.3, 0.4) is 0 Å². The number of piperidine rings is 1. The third-order valence-electron chi connectivity index (χ3n) is 6.61. The number of hydrogen-bond donors (Lipinski definition) is 0. The molecule has 4 rings (SSSR count). The van der Waals surface area contributed by atoms with Gasteiger partial charge in [-0.3, -0.25) is 19.0 Å². The van der Waals surface area contributed by atoms with Gasteiger partial charge in [0.15, 0.2) is 11.2 Å². The molecule has 0 spiro atoms. The Morgan fingerprint density at radius 3 is 2.26 bits per heavy atom. The molecule has 0 aromatic carbocycles. The average molecular weight is 431 g/mol. The average Bonchev–Trinajstić information content (AvgIpc) is 2.98. The zero-order chi connectivity index (χ0) is 22.1. The molecule has 2 saturated heterocycles. The highest BCUT2D eigenvalue weighted by atomic mass is 16.2. The fraction of sp³-hybridized carbons (Fsp3) is 0.667. The fourth-order valence-corrected chi connectivity index (χ4v) is 4.70. The Balaban J connectivity index is 1.43. The van der Waals surface area contributed by atoms with Gasteiger partial charge in [0.2, 0.25) is 11.8 Å². The number of imidazole rings is 1. The van der Waals surface area contributed by atoms with E-state index in [2.05, 4.69) is 4.98 Å². The van der Waals surface area contributed by atoms with Crippen molar-refractivity contribution in [2.45, 2.75) is 45.1 Å². The molecule has 0 unspecified atom stereocenters. The van der Waals surface area contributed by atoms with E-state index in [0.29, 0.717) is 31.6 Å². The minimum atomic E-state index is -0.559. The van der Waals surface area contributed by atoms with Crippen LogP contribution in [0.1, 0.15) is 38.5 Å². The highest BCUT2D eigenvalue weighted by molar-refractivity contribution is 5.80. The molecular formula is C21H30N6O4. The van der Waals surface area contributed by atoms with Crippen molar-refractivity contribution < 1.29 is 9.59 Å². The maximum absolute atomic E-state index is 12.9. The van der Waals surface area contributed by atoms with Gasteiger partial charge < -0.3 is 14.4 Å². The first kappa shape index (κ1) is 21.3. The third kappa shape index (κ3) is 4.03. The lowest BCUT2D eigenvalue weighted by molar-refractivity contribution is -0.141. The van der Waals surface area contributed by atoms with Gasteiger partial charge in [0.25, 0.3) is 5.56 Å². The summed E-state index contributed by atoms with van der Waals surface area (Å²) in [4.78, 5) is 58.9. The molecule has 2 aliphatic rings. The minimum Gasteiger partial charge on any atom is -0.342 e. The van der Waals surface area contributed by atoms with Crippen LogP contribution in [-0.2, 0) is 30.2 Å². The summed E-state index contributed by atoms with van der Waals surface area (Å²) < 4.78 is 3.81. The Morgan fingerprint density at radius 2 is 1.61 bits per heavy atom. The summed E-state index contributed by atoms with van der Waals surface area (Å²) in [5.74, 6) is -0.120. The standard InChI is InChI=1S/C21H30N6O4/c1-23-14-22-18-17(23)20(30)27(21(31)24(18)2)13-16(28)25-11-7-15(8-12-25)19(29)26-9-5-3-4-6-10-26/h14-15H,3-13H2,1-2H3. The number of rotatable bonds is 3. The summed E-state index contributed by atoms with van der Waals surface area (Å²) in [6, 6.07) is 0. The summed E-state index contributed by atoms with van der Waals surface area (Å²) in [6.07, 6.45) is 7.20. The van der Waals surface area contributed by atoms with Crippen LogP contribution in [0.15, 0.2) is 15.9 Å². The van der Waals surface area contributed by atoms with Crippen molar-refractivity contribution in [2.24, 2.45) is 20.0 Å². The maximum Gasteiger partial charge on any atom is 0.332 e. The van der Waals surface area contributed by atoms with Crippen LogP contribution in [0, 0.1) is 5.92 Å². The van der Waals surface area contributed by atoms with Gasteiger partial charge in [-0.2, -0.15) is 0 Å². The molecular weight excluding hydrogens is 400 g/mol. The fourth-order valence-electron chi connectivity index (χ4n) is 4.70. The topological polar surface area (TPSA) is 102 Å². The van der Waals surface area contributed by atoms with Crippen LogP contribution in [0.4, 0.5) is 0 Å². The highest BCUT2D eigenvalue weighted by Gasteiger charge is 2.31. The molecule has 0 atom stereocenters. The van der Waals surface area contributed by atoms with E-state index in [1.807, 2.05) is 4.90 Å². The molecule has 31 heavy (non-hydrogen) atoms. The van der Waals surface area contributed by atoms with E-state index in [4.69, 9.17) is 0 Å². The number of hydrogen-bond acceptors (Lipinski definition) is 5. The van der Waals surface area contributed by atoms with E-state index in [1.165, 1.54) is 30.8 Å². The zero-order valence-electron chi connectivity index (χ0n) is 18.2. The Bertz CT molecular complexity index is 1100. The van der Waals surface area contributed by atoms with Gasteiger partial charge in [0.05, 0.1) is 6.33 Å². The van der Waals surface area contributed by atoms with Crippen molar-refractivity contribution >= 4 is 23.0 Å². The van der Waals surface area contributed by atoms with Gasteiger partial charge >= 0.3 is 5.69 Å². The van der Waals surface area contributed by atoms with Crippen LogP contribution < -0.4 is 11.2 Å². The predicted molar refractivity (Wildman–Crippen MR) is 115 cm³/mol. The first-order valence-corrected chi connectivity index (χ1v) is 11.1. The van der Waals surface area contributed by atoms with Crippen molar-refractivity contribution in [3.63, 3.8) is 0 Å². The van der Waals surface area contributed by atoms with E-state index in [0.717, 1.165) is 30.5 Å². The van der Waals surface area contributed by atoms with Crippen LogP contribution in [0.25, 0.3) is 11.2 Å². The zero-order valence-corrected chi connectivity index (χ0v) is 18.2. The Kier molecular flexibility index (Phi) is 5.97. The molecule has 4 heterocycles. The van der Waals surface area contributed by atoms with Crippen LogP contribution >= 0.6 is 0 Å². The molecule has 0 saturated carbocycles. The second-order valence-electron chi connectivity index (χ2n) is 8.66. The largest absolute Gasteiger partial charge is 0.342 e. The third-order valence-corrected chi connectivity index (χ3v) is 6.61. The van der Waals surface area contributed by atoms with Gasteiger partial charge in [-0.1, -0.05) is 12.8 Å². The predicted octanol–water partition coefficient (Wildman–Crippen LogP) is 0.0749. The molecule has 0 radical (unpaired) electrons. The number of carbonyl (C=O) groups is 2. The van der Waals surface area contributed by atoms with Crippen LogP contribution in [0.2, 0.25) is 0 Å². The molecule has 0 N–H and O–H groups in total. The molecule has 2 aliphatic heterocycles. The number of nitrogens with zero attached hydrogens (tertiary/aromatic N) is 6. The van der Waals surface area contributed by atoms with Crippen molar-refractivity contribution in [1.82, 2.24) is 28.5 Å². The smallest absolute Gasteiger partial charge is 0.332 e. The van der Waals surface area contributed by atoms with Crippen molar-refractivity contribution in [2.75, 3.05) is 26.2 Å². The second kappa shape index (κ2) is 8.68. The Labute approximate surface area is 180 Å². The van der Waals surface area contributed by atoms with Crippen molar-refractivity contribution in [1.29, 1.82) is 0 Å².